The van der Waals surface area contributed by atoms with Crippen LogP contribution in [0.25, 0.3) is 16.9 Å². The summed E-state index contributed by atoms with van der Waals surface area (Å²) in [4.78, 5) is 11.6. The van der Waals surface area contributed by atoms with Crippen molar-refractivity contribution >= 4 is 16.1 Å². The van der Waals surface area contributed by atoms with Gasteiger partial charge in [0.25, 0.3) is 0 Å². The van der Waals surface area contributed by atoms with Crippen LogP contribution in [0.3, 0.4) is 0 Å². The van der Waals surface area contributed by atoms with Gasteiger partial charge in [0.15, 0.2) is 16.1 Å². The molecule has 3 rings (SSSR count). The first-order chi connectivity index (χ1) is 11.0. The lowest BCUT2D eigenvalue weighted by molar-refractivity contribution is 0.112. The van der Waals surface area contributed by atoms with Crippen LogP contribution in [-0.4, -0.2) is 30.7 Å². The van der Waals surface area contributed by atoms with Crippen LogP contribution in [-0.2, 0) is 9.84 Å². The molecule has 6 heteroatoms. The van der Waals surface area contributed by atoms with Crippen LogP contribution in [0.2, 0.25) is 0 Å². The third-order valence-electron chi connectivity index (χ3n) is 3.45. The van der Waals surface area contributed by atoms with Gasteiger partial charge in [-0.3, -0.25) is 4.79 Å². The van der Waals surface area contributed by atoms with E-state index in [4.69, 9.17) is 0 Å². The fourth-order valence-corrected chi connectivity index (χ4v) is 2.90. The Hall–Kier alpha value is -2.73. The van der Waals surface area contributed by atoms with Gasteiger partial charge in [-0.2, -0.15) is 5.10 Å². The lowest BCUT2D eigenvalue weighted by Gasteiger charge is -2.02. The summed E-state index contributed by atoms with van der Waals surface area (Å²) in [5.74, 6) is 0. The molecule has 23 heavy (non-hydrogen) atoms. The second-order valence-electron chi connectivity index (χ2n) is 5.13. The molecule has 0 bridgehead atoms. The van der Waals surface area contributed by atoms with E-state index in [1.807, 2.05) is 30.3 Å². The van der Waals surface area contributed by atoms with E-state index in [2.05, 4.69) is 5.10 Å². The lowest BCUT2D eigenvalue weighted by Crippen LogP contribution is -1.97. The summed E-state index contributed by atoms with van der Waals surface area (Å²) in [6, 6.07) is 15.8. The normalized spacial score (nSPS) is 11.3. The Morgan fingerprint density at radius 3 is 2.22 bits per heavy atom. The number of hydrogen-bond donors (Lipinski definition) is 0. The first-order valence-electron chi connectivity index (χ1n) is 6.90. The molecule has 0 N–H and O–H groups in total. The zero-order valence-electron chi connectivity index (χ0n) is 12.4. The van der Waals surface area contributed by atoms with Gasteiger partial charge >= 0.3 is 0 Å². The molecule has 0 amide bonds. The van der Waals surface area contributed by atoms with Gasteiger partial charge in [-0.1, -0.05) is 30.3 Å². The molecule has 0 aliphatic rings. The maximum Gasteiger partial charge on any atom is 0.175 e. The quantitative estimate of drug-likeness (QED) is 0.691. The Morgan fingerprint density at radius 1 is 1.00 bits per heavy atom. The van der Waals surface area contributed by atoms with E-state index >= 15 is 0 Å². The molecule has 5 nitrogen and oxygen atoms in total. The minimum atomic E-state index is -3.25. The molecule has 0 atom stereocenters. The number of aldehydes is 1. The van der Waals surface area contributed by atoms with Crippen molar-refractivity contribution in [3.8, 4) is 16.9 Å². The predicted octanol–water partition coefficient (Wildman–Crippen LogP) is 2.76. The number of aromatic nitrogens is 2. The molecule has 0 saturated carbocycles. The first-order valence-corrected chi connectivity index (χ1v) is 8.79. The fourth-order valence-electron chi connectivity index (χ4n) is 2.27. The third-order valence-corrected chi connectivity index (χ3v) is 4.57. The standard InChI is InChI=1S/C17H14N2O3S/c1-23(21,22)16-9-7-13(8-10-16)17-14(12-20)11-19(18-17)15-5-3-2-4-6-15/h2-12H,1H3. The maximum atomic E-state index is 11.5. The van der Waals surface area contributed by atoms with Crippen molar-refractivity contribution in [1.29, 1.82) is 0 Å². The Labute approximate surface area is 134 Å². The van der Waals surface area contributed by atoms with Gasteiger partial charge in [-0.15, -0.1) is 0 Å². The molecule has 3 aromatic rings. The Bertz CT molecular complexity index is 943. The molecule has 0 aliphatic heterocycles. The molecule has 0 aliphatic carbocycles. The molecule has 1 heterocycles. The number of rotatable bonds is 4. The van der Waals surface area contributed by atoms with Gasteiger partial charge in [0.05, 0.1) is 16.1 Å². The van der Waals surface area contributed by atoms with Crippen LogP contribution in [0.4, 0.5) is 0 Å². The Balaban J connectivity index is 2.06. The number of sulfone groups is 1. The van der Waals surface area contributed by atoms with Gasteiger partial charge in [0.2, 0.25) is 0 Å². The van der Waals surface area contributed by atoms with Gasteiger partial charge in [0.1, 0.15) is 5.69 Å². The molecule has 2 aromatic carbocycles. The van der Waals surface area contributed by atoms with Crippen molar-refractivity contribution in [1.82, 2.24) is 9.78 Å². The van der Waals surface area contributed by atoms with E-state index in [1.165, 1.54) is 12.1 Å². The summed E-state index contributed by atoms with van der Waals surface area (Å²) >= 11 is 0. The van der Waals surface area contributed by atoms with Gasteiger partial charge in [-0.25, -0.2) is 13.1 Å². The summed E-state index contributed by atoms with van der Waals surface area (Å²) in [5.41, 5.74) is 2.49. The number of carbonyl (C=O) groups is 1. The van der Waals surface area contributed by atoms with Crippen molar-refractivity contribution in [3.63, 3.8) is 0 Å². The summed E-state index contributed by atoms with van der Waals surface area (Å²) in [6.07, 6.45) is 3.55. The SMILES string of the molecule is CS(=O)(=O)c1ccc(-c2nn(-c3ccccc3)cc2C=O)cc1. The van der Waals surface area contributed by atoms with Crippen LogP contribution in [0.5, 0.6) is 0 Å². The molecule has 116 valence electrons. The average Bonchev–Trinajstić information content (AvgIpc) is 2.99. The van der Waals surface area contributed by atoms with E-state index in [-0.39, 0.29) is 4.90 Å². The molecular weight excluding hydrogens is 312 g/mol. The maximum absolute atomic E-state index is 11.5. The van der Waals surface area contributed by atoms with Gasteiger partial charge in [0, 0.05) is 18.0 Å². The molecule has 0 unspecified atom stereocenters. The second kappa shape index (κ2) is 5.81. The van der Waals surface area contributed by atoms with Crippen molar-refractivity contribution < 1.29 is 13.2 Å². The molecule has 1 aromatic heterocycles. The van der Waals surface area contributed by atoms with Crippen LogP contribution in [0.1, 0.15) is 10.4 Å². The minimum absolute atomic E-state index is 0.233. The molecule has 0 spiro atoms. The van der Waals surface area contributed by atoms with Crippen molar-refractivity contribution in [2.75, 3.05) is 6.26 Å². The number of hydrogen-bond acceptors (Lipinski definition) is 4. The van der Waals surface area contributed by atoms with E-state index in [0.717, 1.165) is 18.2 Å². The average molecular weight is 326 g/mol. The first kappa shape index (κ1) is 15.2. The number of nitrogens with zero attached hydrogens (tertiary/aromatic N) is 2. The van der Waals surface area contributed by atoms with Crippen molar-refractivity contribution in [3.05, 3.63) is 66.4 Å². The van der Waals surface area contributed by atoms with E-state index in [0.29, 0.717) is 16.8 Å². The molecular formula is C17H14N2O3S. The van der Waals surface area contributed by atoms with Gasteiger partial charge in [-0.05, 0) is 24.3 Å². The summed E-state index contributed by atoms with van der Waals surface area (Å²) in [5, 5.41) is 4.45. The summed E-state index contributed by atoms with van der Waals surface area (Å²) < 4.78 is 24.7. The van der Waals surface area contributed by atoms with Crippen LogP contribution < -0.4 is 0 Å². The zero-order chi connectivity index (χ0) is 16.4. The Morgan fingerprint density at radius 2 is 1.65 bits per heavy atom. The number of para-hydroxylation sites is 1. The van der Waals surface area contributed by atoms with Crippen LogP contribution in [0, 0.1) is 0 Å². The Kier molecular flexibility index (Phi) is 3.83. The summed E-state index contributed by atoms with van der Waals surface area (Å²) in [6.45, 7) is 0. The minimum Gasteiger partial charge on any atom is -0.298 e. The molecule has 0 fully saturated rings. The largest absolute Gasteiger partial charge is 0.298 e. The second-order valence-corrected chi connectivity index (χ2v) is 7.14. The highest BCUT2D eigenvalue weighted by atomic mass is 32.2. The van der Waals surface area contributed by atoms with E-state index in [1.54, 1.807) is 23.0 Å². The number of carbonyl (C=O) groups excluding carboxylic acids is 1. The van der Waals surface area contributed by atoms with E-state index < -0.39 is 9.84 Å². The number of benzene rings is 2. The summed E-state index contributed by atoms with van der Waals surface area (Å²) in [7, 11) is -3.25. The lowest BCUT2D eigenvalue weighted by atomic mass is 10.1. The smallest absolute Gasteiger partial charge is 0.175 e. The van der Waals surface area contributed by atoms with Crippen LogP contribution in [0.15, 0.2) is 65.7 Å². The fraction of sp³-hybridized carbons (Fsp3) is 0.0588. The topological polar surface area (TPSA) is 69.0 Å². The van der Waals surface area contributed by atoms with Crippen LogP contribution >= 0.6 is 0 Å². The predicted molar refractivity (Wildman–Crippen MR) is 87.5 cm³/mol. The highest BCUT2D eigenvalue weighted by Gasteiger charge is 2.13. The molecule has 0 radical (unpaired) electrons. The zero-order valence-corrected chi connectivity index (χ0v) is 13.2. The third kappa shape index (κ3) is 3.07. The van der Waals surface area contributed by atoms with Gasteiger partial charge < -0.3 is 0 Å². The monoisotopic (exact) mass is 326 g/mol. The highest BCUT2D eigenvalue weighted by Crippen LogP contribution is 2.24. The van der Waals surface area contributed by atoms with Crippen molar-refractivity contribution in [2.45, 2.75) is 4.90 Å². The van der Waals surface area contributed by atoms with Crippen molar-refractivity contribution in [2.24, 2.45) is 0 Å². The highest BCUT2D eigenvalue weighted by molar-refractivity contribution is 7.90. The van der Waals surface area contributed by atoms with E-state index in [9.17, 15) is 13.2 Å². The molecule has 0 saturated heterocycles.